The van der Waals surface area contributed by atoms with Gasteiger partial charge < -0.3 is 4.74 Å². The van der Waals surface area contributed by atoms with Crippen LogP contribution in [-0.2, 0) is 9.53 Å². The second-order valence-corrected chi connectivity index (χ2v) is 7.23. The first-order valence-corrected chi connectivity index (χ1v) is 6.70. The Balaban J connectivity index is 2.10. The van der Waals surface area contributed by atoms with Gasteiger partial charge in [0.15, 0.2) is 0 Å². The summed E-state index contributed by atoms with van der Waals surface area (Å²) in [5.41, 5.74) is 2.98. The second kappa shape index (κ2) is 3.15. The van der Waals surface area contributed by atoms with Crippen molar-refractivity contribution in [1.82, 2.24) is 0 Å². The van der Waals surface area contributed by atoms with Gasteiger partial charge in [0, 0.05) is 11.8 Å². The molecule has 5 atom stereocenters. The van der Waals surface area contributed by atoms with E-state index in [0.717, 1.165) is 0 Å². The average Bonchev–Trinajstić information content (AvgIpc) is 2.72. The van der Waals surface area contributed by atoms with Crippen LogP contribution >= 0.6 is 0 Å². The number of fused-ring (bicyclic) bond motifs is 1. The Labute approximate surface area is 103 Å². The summed E-state index contributed by atoms with van der Waals surface area (Å²) < 4.78 is 5.69. The van der Waals surface area contributed by atoms with E-state index < -0.39 is 0 Å². The van der Waals surface area contributed by atoms with E-state index in [9.17, 15) is 4.79 Å². The molecule has 0 N–H and O–H groups in total. The SMILES string of the molecule is CC(C)=C1C2CC3C1C(=O)OC3C2C(C)(C)C. The predicted octanol–water partition coefficient (Wildman–Crippen LogP) is 3.18. The van der Waals surface area contributed by atoms with Crippen molar-refractivity contribution < 1.29 is 9.53 Å². The lowest BCUT2D eigenvalue weighted by atomic mass is 9.66. The first-order valence-electron chi connectivity index (χ1n) is 6.70. The molecule has 0 radical (unpaired) electrons. The highest BCUT2D eigenvalue weighted by Gasteiger charge is 2.66. The van der Waals surface area contributed by atoms with Gasteiger partial charge in [-0.1, -0.05) is 31.9 Å². The molecule has 2 heteroatoms. The molecule has 0 aromatic heterocycles. The quantitative estimate of drug-likeness (QED) is 0.475. The van der Waals surface area contributed by atoms with Crippen LogP contribution in [0.1, 0.15) is 41.0 Å². The zero-order valence-corrected chi connectivity index (χ0v) is 11.4. The van der Waals surface area contributed by atoms with Gasteiger partial charge in [-0.15, -0.1) is 0 Å². The van der Waals surface area contributed by atoms with E-state index in [0.29, 0.717) is 17.8 Å². The molecule has 0 spiro atoms. The maximum Gasteiger partial charge on any atom is 0.313 e. The van der Waals surface area contributed by atoms with Gasteiger partial charge in [-0.25, -0.2) is 0 Å². The summed E-state index contributed by atoms with van der Waals surface area (Å²) in [5, 5.41) is 0. The van der Waals surface area contributed by atoms with Crippen molar-refractivity contribution in [3.63, 3.8) is 0 Å². The fourth-order valence-electron chi connectivity index (χ4n) is 4.62. The van der Waals surface area contributed by atoms with E-state index >= 15 is 0 Å². The van der Waals surface area contributed by atoms with Crippen molar-refractivity contribution in [2.45, 2.75) is 47.1 Å². The van der Waals surface area contributed by atoms with Crippen molar-refractivity contribution in [3.8, 4) is 0 Å². The Morgan fingerprint density at radius 1 is 1.29 bits per heavy atom. The minimum absolute atomic E-state index is 0.0467. The summed E-state index contributed by atoms with van der Waals surface area (Å²) in [6.45, 7) is 11.1. The third-order valence-electron chi connectivity index (χ3n) is 4.98. The molecule has 1 aliphatic heterocycles. The zero-order valence-electron chi connectivity index (χ0n) is 11.4. The minimum Gasteiger partial charge on any atom is -0.461 e. The standard InChI is InChI=1S/C15H22O2/c1-7(2)10-8-6-9-11(10)14(16)17-13(9)12(8)15(3,4)5/h8-9,11-13H,6H2,1-5H3. The zero-order chi connectivity index (χ0) is 12.5. The van der Waals surface area contributed by atoms with Gasteiger partial charge in [0.25, 0.3) is 0 Å². The fourth-order valence-corrected chi connectivity index (χ4v) is 4.62. The normalized spacial score (nSPS) is 43.2. The topological polar surface area (TPSA) is 26.3 Å². The first-order chi connectivity index (χ1) is 7.82. The lowest BCUT2D eigenvalue weighted by Crippen LogP contribution is -2.37. The number of carbonyl (C=O) groups excluding carboxylic acids is 1. The van der Waals surface area contributed by atoms with Crippen molar-refractivity contribution in [1.29, 1.82) is 0 Å². The van der Waals surface area contributed by atoms with Gasteiger partial charge in [-0.3, -0.25) is 4.79 Å². The summed E-state index contributed by atoms with van der Waals surface area (Å²) in [5.74, 6) is 1.73. The van der Waals surface area contributed by atoms with Crippen LogP contribution in [0.2, 0.25) is 0 Å². The largest absolute Gasteiger partial charge is 0.461 e. The van der Waals surface area contributed by atoms with Gasteiger partial charge in [0.1, 0.15) is 6.10 Å². The lowest BCUT2D eigenvalue weighted by Gasteiger charge is -2.38. The van der Waals surface area contributed by atoms with E-state index in [-0.39, 0.29) is 23.4 Å². The number of carbonyl (C=O) groups is 1. The molecule has 94 valence electrons. The number of hydrogen-bond acceptors (Lipinski definition) is 2. The Bertz CT molecular complexity index is 409. The molecule has 0 aromatic rings. The maximum absolute atomic E-state index is 12.0. The number of rotatable bonds is 0. The molecule has 2 nitrogen and oxygen atoms in total. The molecule has 1 heterocycles. The molecule has 0 aromatic carbocycles. The monoisotopic (exact) mass is 234 g/mol. The summed E-state index contributed by atoms with van der Waals surface area (Å²) >= 11 is 0. The Kier molecular flexibility index (Phi) is 2.10. The van der Waals surface area contributed by atoms with E-state index in [1.54, 1.807) is 0 Å². The number of hydrogen-bond donors (Lipinski definition) is 0. The highest BCUT2D eigenvalue weighted by atomic mass is 16.6. The molecular weight excluding hydrogens is 212 g/mol. The summed E-state index contributed by atoms with van der Waals surface area (Å²) in [7, 11) is 0. The molecule has 17 heavy (non-hydrogen) atoms. The van der Waals surface area contributed by atoms with E-state index in [4.69, 9.17) is 4.74 Å². The molecule has 3 fully saturated rings. The minimum atomic E-state index is 0.0467. The lowest BCUT2D eigenvalue weighted by molar-refractivity contribution is -0.145. The smallest absolute Gasteiger partial charge is 0.313 e. The molecule has 2 bridgehead atoms. The number of esters is 1. The van der Waals surface area contributed by atoms with E-state index in [2.05, 4.69) is 34.6 Å². The maximum atomic E-state index is 12.0. The number of allylic oxidation sites excluding steroid dienone is 1. The van der Waals surface area contributed by atoms with Crippen LogP contribution in [0, 0.1) is 29.1 Å². The summed E-state index contributed by atoms with van der Waals surface area (Å²) in [4.78, 5) is 12.0. The van der Waals surface area contributed by atoms with Gasteiger partial charge in [0.2, 0.25) is 0 Å². The van der Waals surface area contributed by atoms with Crippen molar-refractivity contribution in [3.05, 3.63) is 11.1 Å². The molecule has 3 aliphatic rings. The Morgan fingerprint density at radius 2 is 1.94 bits per heavy atom. The van der Waals surface area contributed by atoms with E-state index in [1.807, 2.05) is 0 Å². The van der Waals surface area contributed by atoms with Crippen LogP contribution in [0.4, 0.5) is 0 Å². The van der Waals surface area contributed by atoms with Crippen LogP contribution in [0.15, 0.2) is 11.1 Å². The first kappa shape index (κ1) is 11.3. The third kappa shape index (κ3) is 1.30. The summed E-state index contributed by atoms with van der Waals surface area (Å²) in [6, 6.07) is 0. The second-order valence-electron chi connectivity index (χ2n) is 7.23. The molecule has 5 unspecified atom stereocenters. The van der Waals surface area contributed by atoms with Crippen molar-refractivity contribution >= 4 is 5.97 Å². The van der Waals surface area contributed by atoms with Crippen LogP contribution < -0.4 is 0 Å². The van der Waals surface area contributed by atoms with Crippen LogP contribution in [0.3, 0.4) is 0 Å². The molecule has 1 saturated heterocycles. The van der Waals surface area contributed by atoms with Gasteiger partial charge >= 0.3 is 5.97 Å². The van der Waals surface area contributed by atoms with Gasteiger partial charge in [-0.05, 0) is 31.6 Å². The third-order valence-corrected chi connectivity index (χ3v) is 4.98. The highest BCUT2D eigenvalue weighted by Crippen LogP contribution is 2.64. The molecule has 2 aliphatic carbocycles. The van der Waals surface area contributed by atoms with Crippen LogP contribution in [-0.4, -0.2) is 12.1 Å². The number of ether oxygens (including phenoxy) is 1. The van der Waals surface area contributed by atoms with Gasteiger partial charge in [0.05, 0.1) is 5.92 Å². The fraction of sp³-hybridized carbons (Fsp3) is 0.800. The molecular formula is C15H22O2. The highest BCUT2D eigenvalue weighted by molar-refractivity contribution is 5.81. The molecule has 3 rings (SSSR count). The van der Waals surface area contributed by atoms with Crippen molar-refractivity contribution in [2.75, 3.05) is 0 Å². The Hall–Kier alpha value is -0.790. The molecule has 0 amide bonds. The average molecular weight is 234 g/mol. The van der Waals surface area contributed by atoms with E-state index in [1.165, 1.54) is 17.6 Å². The van der Waals surface area contributed by atoms with Crippen LogP contribution in [0.25, 0.3) is 0 Å². The van der Waals surface area contributed by atoms with Crippen molar-refractivity contribution in [2.24, 2.45) is 29.1 Å². The molecule has 2 saturated carbocycles. The van der Waals surface area contributed by atoms with Gasteiger partial charge in [-0.2, -0.15) is 0 Å². The Morgan fingerprint density at radius 3 is 2.47 bits per heavy atom. The summed E-state index contributed by atoms with van der Waals surface area (Å²) in [6.07, 6.45) is 1.37. The van der Waals surface area contributed by atoms with Crippen LogP contribution in [0.5, 0.6) is 0 Å². The predicted molar refractivity (Wildman–Crippen MR) is 66.3 cm³/mol.